The van der Waals surface area contributed by atoms with Crippen LogP contribution in [0.3, 0.4) is 0 Å². The van der Waals surface area contributed by atoms with Crippen molar-refractivity contribution in [3.63, 3.8) is 0 Å². The molecule has 1 aromatic heterocycles. The molecule has 0 unspecified atom stereocenters. The lowest BCUT2D eigenvalue weighted by Crippen LogP contribution is -2.20. The van der Waals surface area contributed by atoms with Crippen molar-refractivity contribution in [1.29, 1.82) is 0 Å². The minimum atomic E-state index is 0.801. The van der Waals surface area contributed by atoms with Crippen LogP contribution in [0.15, 0.2) is 12.3 Å². The van der Waals surface area contributed by atoms with Crippen molar-refractivity contribution >= 4 is 0 Å². The van der Waals surface area contributed by atoms with Crippen LogP contribution in [0.1, 0.15) is 25.0 Å². The van der Waals surface area contributed by atoms with Crippen molar-refractivity contribution < 1.29 is 4.74 Å². The van der Waals surface area contributed by atoms with E-state index in [4.69, 9.17) is 4.74 Å². The van der Waals surface area contributed by atoms with Crippen molar-refractivity contribution in [2.24, 2.45) is 7.05 Å². The quantitative estimate of drug-likeness (QED) is 0.645. The van der Waals surface area contributed by atoms with Gasteiger partial charge in [-0.2, -0.15) is 5.10 Å². The van der Waals surface area contributed by atoms with Crippen molar-refractivity contribution in [3.8, 4) is 0 Å². The molecule has 0 aliphatic carbocycles. The fourth-order valence-electron chi connectivity index (χ4n) is 1.68. The molecule has 1 aromatic rings. The first kappa shape index (κ1) is 13.2. The molecule has 4 nitrogen and oxygen atoms in total. The maximum absolute atomic E-state index is 4.96. The Morgan fingerprint density at radius 1 is 1.31 bits per heavy atom. The Morgan fingerprint density at radius 2 is 2.19 bits per heavy atom. The number of aromatic nitrogens is 2. The summed E-state index contributed by atoms with van der Waals surface area (Å²) in [5.74, 6) is 0. The van der Waals surface area contributed by atoms with Gasteiger partial charge in [-0.1, -0.05) is 6.42 Å². The van der Waals surface area contributed by atoms with Crippen molar-refractivity contribution in [3.05, 3.63) is 18.0 Å². The van der Waals surface area contributed by atoms with Crippen molar-refractivity contribution in [2.75, 3.05) is 26.8 Å². The molecular formula is C12H23N3O. The van der Waals surface area contributed by atoms with Crippen LogP contribution in [0.25, 0.3) is 0 Å². The average Bonchev–Trinajstić information content (AvgIpc) is 2.68. The Hall–Kier alpha value is -0.870. The lowest BCUT2D eigenvalue weighted by atomic mass is 10.1. The van der Waals surface area contributed by atoms with E-state index in [9.17, 15) is 0 Å². The van der Waals surface area contributed by atoms with Crippen molar-refractivity contribution in [1.82, 2.24) is 15.1 Å². The molecule has 92 valence electrons. The molecule has 0 aromatic carbocycles. The van der Waals surface area contributed by atoms with E-state index in [-0.39, 0.29) is 0 Å². The van der Waals surface area contributed by atoms with Crippen LogP contribution >= 0.6 is 0 Å². The van der Waals surface area contributed by atoms with Gasteiger partial charge in [-0.3, -0.25) is 4.68 Å². The number of methoxy groups -OCH3 is 1. The summed E-state index contributed by atoms with van der Waals surface area (Å²) in [5, 5.41) is 7.50. The second kappa shape index (κ2) is 8.30. The van der Waals surface area contributed by atoms with Crippen LogP contribution in [-0.4, -0.2) is 36.6 Å². The number of aryl methyl sites for hydroxylation is 2. The molecule has 0 amide bonds. The molecule has 1 rings (SSSR count). The van der Waals surface area contributed by atoms with E-state index in [1.807, 2.05) is 17.9 Å². The maximum atomic E-state index is 4.96. The van der Waals surface area contributed by atoms with Crippen LogP contribution in [0.4, 0.5) is 0 Å². The van der Waals surface area contributed by atoms with Crippen LogP contribution in [0.5, 0.6) is 0 Å². The summed E-state index contributed by atoms with van der Waals surface area (Å²) in [5.41, 5.74) is 1.33. The minimum Gasteiger partial charge on any atom is -0.383 e. The molecule has 1 heterocycles. The van der Waals surface area contributed by atoms with Gasteiger partial charge < -0.3 is 10.1 Å². The van der Waals surface area contributed by atoms with Gasteiger partial charge >= 0.3 is 0 Å². The smallest absolute Gasteiger partial charge is 0.0587 e. The largest absolute Gasteiger partial charge is 0.383 e. The van der Waals surface area contributed by atoms with E-state index < -0.39 is 0 Å². The standard InChI is InChI=1S/C12H23N3O/c1-15-12(7-9-14-15)6-4-3-5-8-13-10-11-16-2/h7,9,13H,3-6,8,10-11H2,1-2H3. The molecule has 0 atom stereocenters. The number of unbranched alkanes of at least 4 members (excludes halogenated alkanes) is 2. The Morgan fingerprint density at radius 3 is 2.88 bits per heavy atom. The van der Waals surface area contributed by atoms with Gasteiger partial charge in [-0.05, 0) is 31.9 Å². The van der Waals surface area contributed by atoms with E-state index in [1.54, 1.807) is 7.11 Å². The molecule has 16 heavy (non-hydrogen) atoms. The number of hydrogen-bond donors (Lipinski definition) is 1. The third-order valence-electron chi connectivity index (χ3n) is 2.69. The first-order valence-corrected chi connectivity index (χ1v) is 6.01. The van der Waals surface area contributed by atoms with Crippen LogP contribution in [0, 0.1) is 0 Å². The molecule has 0 saturated carbocycles. The second-order valence-electron chi connectivity index (χ2n) is 4.00. The van der Waals surface area contributed by atoms with E-state index in [2.05, 4.69) is 16.5 Å². The second-order valence-corrected chi connectivity index (χ2v) is 4.00. The van der Waals surface area contributed by atoms with Gasteiger partial charge in [0.1, 0.15) is 0 Å². The molecular weight excluding hydrogens is 202 g/mol. The third-order valence-corrected chi connectivity index (χ3v) is 2.69. The van der Waals surface area contributed by atoms with Gasteiger partial charge in [0.15, 0.2) is 0 Å². The van der Waals surface area contributed by atoms with E-state index in [0.717, 1.165) is 26.1 Å². The van der Waals surface area contributed by atoms with Gasteiger partial charge in [0.25, 0.3) is 0 Å². The highest BCUT2D eigenvalue weighted by Crippen LogP contribution is 2.04. The van der Waals surface area contributed by atoms with Crippen LogP contribution in [-0.2, 0) is 18.2 Å². The highest BCUT2D eigenvalue weighted by atomic mass is 16.5. The number of nitrogens with zero attached hydrogens (tertiary/aromatic N) is 2. The molecule has 4 heteroatoms. The van der Waals surface area contributed by atoms with Crippen molar-refractivity contribution in [2.45, 2.75) is 25.7 Å². The third kappa shape index (κ3) is 5.28. The van der Waals surface area contributed by atoms with E-state index in [0.29, 0.717) is 0 Å². The highest BCUT2D eigenvalue weighted by Gasteiger charge is 1.97. The molecule has 0 aliphatic rings. The number of rotatable bonds is 9. The zero-order valence-corrected chi connectivity index (χ0v) is 10.4. The molecule has 0 spiro atoms. The Balaban J connectivity index is 1.91. The molecule has 1 N–H and O–H groups in total. The zero-order chi connectivity index (χ0) is 11.6. The van der Waals surface area contributed by atoms with Gasteiger partial charge in [-0.25, -0.2) is 0 Å². The fourth-order valence-corrected chi connectivity index (χ4v) is 1.68. The fraction of sp³-hybridized carbons (Fsp3) is 0.750. The summed E-state index contributed by atoms with van der Waals surface area (Å²) in [6.07, 6.45) is 6.74. The predicted octanol–water partition coefficient (Wildman–Crippen LogP) is 1.37. The number of ether oxygens (including phenoxy) is 1. The maximum Gasteiger partial charge on any atom is 0.0587 e. The van der Waals surface area contributed by atoms with E-state index in [1.165, 1.54) is 25.0 Å². The van der Waals surface area contributed by atoms with Gasteiger partial charge in [0.05, 0.1) is 6.61 Å². The first-order chi connectivity index (χ1) is 7.84. The summed E-state index contributed by atoms with van der Waals surface area (Å²) in [7, 11) is 3.73. The topological polar surface area (TPSA) is 39.1 Å². The first-order valence-electron chi connectivity index (χ1n) is 6.01. The molecule has 0 fully saturated rings. The van der Waals surface area contributed by atoms with Gasteiger partial charge in [0.2, 0.25) is 0 Å². The van der Waals surface area contributed by atoms with Gasteiger partial charge in [0, 0.05) is 32.6 Å². The monoisotopic (exact) mass is 225 g/mol. The summed E-state index contributed by atoms with van der Waals surface area (Å²) >= 11 is 0. The molecule has 0 bridgehead atoms. The number of hydrogen-bond acceptors (Lipinski definition) is 3. The predicted molar refractivity (Wildman–Crippen MR) is 65.5 cm³/mol. The van der Waals surface area contributed by atoms with E-state index >= 15 is 0 Å². The van der Waals surface area contributed by atoms with Crippen LogP contribution < -0.4 is 5.32 Å². The van der Waals surface area contributed by atoms with Gasteiger partial charge in [-0.15, -0.1) is 0 Å². The Bertz CT molecular complexity index is 273. The molecule has 0 saturated heterocycles. The summed E-state index contributed by atoms with van der Waals surface area (Å²) in [6.45, 7) is 2.85. The molecule has 0 radical (unpaired) electrons. The average molecular weight is 225 g/mol. The Labute approximate surface area is 98.0 Å². The normalized spacial score (nSPS) is 10.9. The lowest BCUT2D eigenvalue weighted by molar-refractivity contribution is 0.199. The highest BCUT2D eigenvalue weighted by molar-refractivity contribution is 4.99. The molecule has 0 aliphatic heterocycles. The Kier molecular flexibility index (Phi) is 6.85. The summed E-state index contributed by atoms with van der Waals surface area (Å²) < 4.78 is 6.91. The number of nitrogens with one attached hydrogen (secondary N) is 1. The van der Waals surface area contributed by atoms with Crippen LogP contribution in [0.2, 0.25) is 0 Å². The zero-order valence-electron chi connectivity index (χ0n) is 10.4. The summed E-state index contributed by atoms with van der Waals surface area (Å²) in [6, 6.07) is 2.09. The SMILES string of the molecule is COCCNCCCCCc1ccnn1C. The lowest BCUT2D eigenvalue weighted by Gasteiger charge is -2.04. The minimum absolute atomic E-state index is 0.801. The summed E-state index contributed by atoms with van der Waals surface area (Å²) in [4.78, 5) is 0.